The highest BCUT2D eigenvalue weighted by molar-refractivity contribution is 7.10. The SMILES string of the molecule is CNC(c1ccsc1C)C(C)C(C)C. The predicted octanol–water partition coefficient (Wildman–Crippen LogP) is 3.61. The lowest BCUT2D eigenvalue weighted by molar-refractivity contribution is 0.317. The van der Waals surface area contributed by atoms with Gasteiger partial charge in [0, 0.05) is 10.9 Å². The van der Waals surface area contributed by atoms with E-state index in [-0.39, 0.29) is 0 Å². The first-order valence-corrected chi connectivity index (χ1v) is 6.17. The van der Waals surface area contributed by atoms with Crippen LogP contribution in [-0.2, 0) is 0 Å². The maximum Gasteiger partial charge on any atom is 0.0356 e. The van der Waals surface area contributed by atoms with E-state index in [1.807, 2.05) is 11.3 Å². The zero-order valence-electron chi connectivity index (χ0n) is 9.79. The van der Waals surface area contributed by atoms with Crippen LogP contribution in [-0.4, -0.2) is 7.05 Å². The van der Waals surface area contributed by atoms with Crippen LogP contribution >= 0.6 is 11.3 Å². The Morgan fingerprint density at radius 2 is 1.93 bits per heavy atom. The van der Waals surface area contributed by atoms with Crippen LogP contribution in [0.1, 0.15) is 37.3 Å². The van der Waals surface area contributed by atoms with Crippen LogP contribution in [0.4, 0.5) is 0 Å². The van der Waals surface area contributed by atoms with Gasteiger partial charge >= 0.3 is 0 Å². The van der Waals surface area contributed by atoms with Gasteiger partial charge in [0.1, 0.15) is 0 Å². The number of hydrogen-bond donors (Lipinski definition) is 1. The molecule has 0 saturated heterocycles. The van der Waals surface area contributed by atoms with E-state index in [9.17, 15) is 0 Å². The molecule has 0 aromatic carbocycles. The highest BCUT2D eigenvalue weighted by atomic mass is 32.1. The number of rotatable bonds is 4. The minimum Gasteiger partial charge on any atom is -0.313 e. The van der Waals surface area contributed by atoms with E-state index in [2.05, 4.69) is 51.5 Å². The fourth-order valence-corrected chi connectivity index (χ4v) is 2.55. The van der Waals surface area contributed by atoms with Gasteiger partial charge in [-0.15, -0.1) is 11.3 Å². The summed E-state index contributed by atoms with van der Waals surface area (Å²) in [7, 11) is 2.06. The third-order valence-corrected chi connectivity index (χ3v) is 3.98. The van der Waals surface area contributed by atoms with E-state index < -0.39 is 0 Å². The molecule has 0 bridgehead atoms. The first-order valence-electron chi connectivity index (χ1n) is 5.29. The highest BCUT2D eigenvalue weighted by Crippen LogP contribution is 2.31. The van der Waals surface area contributed by atoms with Crippen molar-refractivity contribution >= 4 is 11.3 Å². The molecule has 1 heterocycles. The summed E-state index contributed by atoms with van der Waals surface area (Å²) in [6.07, 6.45) is 0. The molecule has 0 aliphatic heterocycles. The second-order valence-corrected chi connectivity index (χ2v) is 5.42. The van der Waals surface area contributed by atoms with Gasteiger partial charge in [0.15, 0.2) is 0 Å². The Hall–Kier alpha value is -0.340. The Kier molecular flexibility index (Phi) is 4.14. The van der Waals surface area contributed by atoms with E-state index >= 15 is 0 Å². The van der Waals surface area contributed by atoms with Gasteiger partial charge < -0.3 is 5.32 Å². The fraction of sp³-hybridized carbons (Fsp3) is 0.667. The molecule has 0 amide bonds. The van der Waals surface area contributed by atoms with Crippen molar-refractivity contribution in [1.29, 1.82) is 0 Å². The van der Waals surface area contributed by atoms with Crippen LogP contribution in [0.3, 0.4) is 0 Å². The van der Waals surface area contributed by atoms with Crippen LogP contribution in [0, 0.1) is 18.8 Å². The second-order valence-electron chi connectivity index (χ2n) is 4.30. The summed E-state index contributed by atoms with van der Waals surface area (Å²) < 4.78 is 0. The lowest BCUT2D eigenvalue weighted by atomic mass is 9.86. The number of thiophene rings is 1. The summed E-state index contributed by atoms with van der Waals surface area (Å²) in [5.41, 5.74) is 1.47. The Morgan fingerprint density at radius 1 is 1.29 bits per heavy atom. The molecule has 80 valence electrons. The molecular weight excluding hydrogens is 190 g/mol. The third-order valence-electron chi connectivity index (χ3n) is 3.12. The summed E-state index contributed by atoms with van der Waals surface area (Å²) in [6.45, 7) is 9.10. The van der Waals surface area contributed by atoms with Crippen LogP contribution in [0.15, 0.2) is 11.4 Å². The lowest BCUT2D eigenvalue weighted by Crippen LogP contribution is -2.26. The lowest BCUT2D eigenvalue weighted by Gasteiger charge is -2.26. The standard InChI is InChI=1S/C12H21NS/c1-8(2)9(3)12(13-5)11-6-7-14-10(11)4/h6-9,12-13H,1-5H3. The Bertz CT molecular complexity index is 278. The van der Waals surface area contributed by atoms with Gasteiger partial charge in [0.05, 0.1) is 0 Å². The molecule has 0 radical (unpaired) electrons. The average Bonchev–Trinajstić information content (AvgIpc) is 2.53. The van der Waals surface area contributed by atoms with Gasteiger partial charge in [-0.3, -0.25) is 0 Å². The van der Waals surface area contributed by atoms with Crippen molar-refractivity contribution in [3.8, 4) is 0 Å². The molecule has 2 heteroatoms. The Morgan fingerprint density at radius 3 is 2.29 bits per heavy atom. The molecule has 0 aliphatic carbocycles. The topological polar surface area (TPSA) is 12.0 Å². The fourth-order valence-electron chi connectivity index (χ4n) is 1.80. The molecule has 1 nitrogen and oxygen atoms in total. The largest absolute Gasteiger partial charge is 0.313 e. The van der Waals surface area contributed by atoms with Gasteiger partial charge in [-0.1, -0.05) is 20.8 Å². The van der Waals surface area contributed by atoms with Crippen LogP contribution in [0.25, 0.3) is 0 Å². The molecule has 0 fully saturated rings. The first-order chi connectivity index (χ1) is 6.57. The molecule has 0 spiro atoms. The number of hydrogen-bond acceptors (Lipinski definition) is 2. The van der Waals surface area contributed by atoms with E-state index in [1.165, 1.54) is 10.4 Å². The molecule has 2 atom stereocenters. The molecule has 2 unspecified atom stereocenters. The summed E-state index contributed by atoms with van der Waals surface area (Å²) in [5, 5.41) is 5.62. The van der Waals surface area contributed by atoms with Crippen LogP contribution in [0.2, 0.25) is 0 Å². The average molecular weight is 211 g/mol. The van der Waals surface area contributed by atoms with Crippen molar-refractivity contribution < 1.29 is 0 Å². The molecule has 0 aliphatic rings. The summed E-state index contributed by atoms with van der Waals surface area (Å²) in [4.78, 5) is 1.44. The van der Waals surface area contributed by atoms with Crippen LogP contribution in [0.5, 0.6) is 0 Å². The molecule has 1 N–H and O–H groups in total. The minimum atomic E-state index is 0.501. The van der Waals surface area contributed by atoms with Gasteiger partial charge in [0.2, 0.25) is 0 Å². The normalized spacial score (nSPS) is 15.9. The monoisotopic (exact) mass is 211 g/mol. The summed E-state index contributed by atoms with van der Waals surface area (Å²) in [5.74, 6) is 1.39. The number of nitrogens with one attached hydrogen (secondary N) is 1. The number of aryl methyl sites for hydroxylation is 1. The summed E-state index contributed by atoms with van der Waals surface area (Å²) >= 11 is 1.84. The van der Waals surface area contributed by atoms with E-state index in [4.69, 9.17) is 0 Å². The van der Waals surface area contributed by atoms with E-state index in [1.54, 1.807) is 0 Å². The zero-order valence-corrected chi connectivity index (χ0v) is 10.6. The third kappa shape index (κ3) is 2.37. The van der Waals surface area contributed by atoms with Gasteiger partial charge in [-0.2, -0.15) is 0 Å². The molecule has 1 rings (SSSR count). The van der Waals surface area contributed by atoms with Gasteiger partial charge in [-0.25, -0.2) is 0 Å². The van der Waals surface area contributed by atoms with Gasteiger partial charge in [-0.05, 0) is 42.8 Å². The van der Waals surface area contributed by atoms with Crippen LogP contribution < -0.4 is 5.32 Å². The Balaban J connectivity index is 2.87. The highest BCUT2D eigenvalue weighted by Gasteiger charge is 2.21. The summed E-state index contributed by atoms with van der Waals surface area (Å²) in [6, 6.07) is 2.75. The van der Waals surface area contributed by atoms with E-state index in [0.29, 0.717) is 17.9 Å². The second kappa shape index (κ2) is 4.94. The molecular formula is C12H21NS. The van der Waals surface area contributed by atoms with Crippen molar-refractivity contribution in [2.75, 3.05) is 7.05 Å². The van der Waals surface area contributed by atoms with Crippen molar-refractivity contribution in [2.24, 2.45) is 11.8 Å². The zero-order chi connectivity index (χ0) is 10.7. The minimum absolute atomic E-state index is 0.501. The molecule has 1 aromatic rings. The van der Waals surface area contributed by atoms with Crippen molar-refractivity contribution in [2.45, 2.75) is 33.7 Å². The van der Waals surface area contributed by atoms with Gasteiger partial charge in [0.25, 0.3) is 0 Å². The first kappa shape index (κ1) is 11.7. The molecule has 1 aromatic heterocycles. The molecule has 0 saturated carbocycles. The van der Waals surface area contributed by atoms with Crippen molar-refractivity contribution in [3.63, 3.8) is 0 Å². The maximum absolute atomic E-state index is 3.43. The van der Waals surface area contributed by atoms with E-state index in [0.717, 1.165) is 0 Å². The van der Waals surface area contributed by atoms with Crippen molar-refractivity contribution in [3.05, 3.63) is 21.9 Å². The molecule has 14 heavy (non-hydrogen) atoms. The van der Waals surface area contributed by atoms with Crippen molar-refractivity contribution in [1.82, 2.24) is 5.32 Å². The maximum atomic E-state index is 3.43. The predicted molar refractivity (Wildman–Crippen MR) is 64.9 cm³/mol. The smallest absolute Gasteiger partial charge is 0.0356 e. The Labute approximate surface area is 91.5 Å². The quantitative estimate of drug-likeness (QED) is 0.802.